The maximum atomic E-state index is 4.47. The predicted molar refractivity (Wildman–Crippen MR) is 77.6 cm³/mol. The molecule has 0 bridgehead atoms. The minimum Gasteiger partial charge on any atom is -0.298 e. The maximum Gasteiger partial charge on any atom is 0.0708 e. The van der Waals surface area contributed by atoms with Crippen LogP contribution >= 0.6 is 0 Å². The molecule has 0 saturated heterocycles. The van der Waals surface area contributed by atoms with E-state index in [0.717, 1.165) is 25.0 Å². The number of hydrogen-bond donors (Lipinski definition) is 0. The van der Waals surface area contributed by atoms with Crippen LogP contribution in [0.25, 0.3) is 10.9 Å². The van der Waals surface area contributed by atoms with Crippen molar-refractivity contribution in [2.24, 2.45) is 0 Å². The van der Waals surface area contributed by atoms with Crippen molar-refractivity contribution in [1.82, 2.24) is 9.88 Å². The molecule has 1 aliphatic heterocycles. The molecule has 1 aliphatic rings. The van der Waals surface area contributed by atoms with E-state index in [1.165, 1.54) is 22.1 Å². The van der Waals surface area contributed by atoms with Crippen LogP contribution in [-0.2, 0) is 19.5 Å². The van der Waals surface area contributed by atoms with Crippen molar-refractivity contribution in [2.75, 3.05) is 7.05 Å². The molecule has 2 heteroatoms. The summed E-state index contributed by atoms with van der Waals surface area (Å²) in [5, 5.41) is 1.33. The van der Waals surface area contributed by atoms with Crippen molar-refractivity contribution in [2.45, 2.75) is 40.3 Å². The van der Waals surface area contributed by atoms with Crippen LogP contribution in [0.1, 0.15) is 37.5 Å². The van der Waals surface area contributed by atoms with Gasteiger partial charge in [-0.15, -0.1) is 0 Å². The number of fused-ring (bicyclic) bond motifs is 2. The van der Waals surface area contributed by atoms with E-state index < -0.39 is 0 Å². The van der Waals surface area contributed by atoms with E-state index in [0.29, 0.717) is 0 Å². The lowest BCUT2D eigenvalue weighted by Crippen LogP contribution is -2.07. The van der Waals surface area contributed by atoms with Gasteiger partial charge in [0, 0.05) is 24.7 Å². The van der Waals surface area contributed by atoms with Gasteiger partial charge in [-0.25, -0.2) is 0 Å². The summed E-state index contributed by atoms with van der Waals surface area (Å²) in [6, 6.07) is 6.72. The zero-order valence-electron chi connectivity index (χ0n) is 11.8. The molecule has 18 heavy (non-hydrogen) atoms. The van der Waals surface area contributed by atoms with Gasteiger partial charge in [-0.1, -0.05) is 20.8 Å². The number of hydrogen-bond acceptors (Lipinski definition) is 2. The first kappa shape index (κ1) is 13.0. The molecule has 0 unspecified atom stereocenters. The van der Waals surface area contributed by atoms with Crippen LogP contribution in [0.5, 0.6) is 0 Å². The summed E-state index contributed by atoms with van der Waals surface area (Å²) in [6.45, 7) is 8.33. The second-order valence-corrected chi connectivity index (χ2v) is 4.63. The van der Waals surface area contributed by atoms with E-state index in [2.05, 4.69) is 42.1 Å². The summed E-state index contributed by atoms with van der Waals surface area (Å²) in [5.74, 6) is 0. The Morgan fingerprint density at radius 2 is 1.83 bits per heavy atom. The van der Waals surface area contributed by atoms with Gasteiger partial charge in [-0.2, -0.15) is 0 Å². The second kappa shape index (κ2) is 5.49. The Hall–Kier alpha value is -1.41. The van der Waals surface area contributed by atoms with Crippen molar-refractivity contribution in [1.29, 1.82) is 0 Å². The SMILES string of the molecule is CC.CCc1ccnc2cc3c(cc12)CN(C)C3. The van der Waals surface area contributed by atoms with Crippen LogP contribution in [0.15, 0.2) is 24.4 Å². The second-order valence-electron chi connectivity index (χ2n) is 4.63. The first-order valence-electron chi connectivity index (χ1n) is 6.86. The van der Waals surface area contributed by atoms with Gasteiger partial charge in [0.05, 0.1) is 5.52 Å². The van der Waals surface area contributed by atoms with E-state index in [9.17, 15) is 0 Å². The lowest BCUT2D eigenvalue weighted by Gasteiger charge is -2.06. The van der Waals surface area contributed by atoms with Crippen LogP contribution in [0.3, 0.4) is 0 Å². The van der Waals surface area contributed by atoms with Gasteiger partial charge in [0.2, 0.25) is 0 Å². The van der Waals surface area contributed by atoms with Crippen LogP contribution in [-0.4, -0.2) is 16.9 Å². The fraction of sp³-hybridized carbons (Fsp3) is 0.438. The number of nitrogens with zero attached hydrogens (tertiary/aromatic N) is 2. The van der Waals surface area contributed by atoms with Crippen LogP contribution in [0, 0.1) is 0 Å². The quantitative estimate of drug-likeness (QED) is 0.756. The zero-order valence-corrected chi connectivity index (χ0v) is 11.8. The molecular weight excluding hydrogens is 220 g/mol. The molecule has 2 aromatic rings. The summed E-state index contributed by atoms with van der Waals surface area (Å²) in [4.78, 5) is 6.82. The van der Waals surface area contributed by atoms with Crippen molar-refractivity contribution in [3.8, 4) is 0 Å². The number of benzene rings is 1. The molecule has 0 amide bonds. The average molecular weight is 242 g/mol. The third-order valence-corrected chi connectivity index (χ3v) is 3.41. The molecule has 3 rings (SSSR count). The van der Waals surface area contributed by atoms with Gasteiger partial charge in [0.25, 0.3) is 0 Å². The Bertz CT molecular complexity index is 546. The highest BCUT2D eigenvalue weighted by molar-refractivity contribution is 5.83. The normalized spacial score (nSPS) is 14.2. The van der Waals surface area contributed by atoms with E-state index in [4.69, 9.17) is 0 Å². The largest absolute Gasteiger partial charge is 0.298 e. The van der Waals surface area contributed by atoms with E-state index >= 15 is 0 Å². The molecule has 0 fully saturated rings. The van der Waals surface area contributed by atoms with Crippen molar-refractivity contribution >= 4 is 10.9 Å². The molecule has 0 aliphatic carbocycles. The fourth-order valence-electron chi connectivity index (χ4n) is 2.58. The molecule has 0 radical (unpaired) electrons. The van der Waals surface area contributed by atoms with Crippen LogP contribution in [0.2, 0.25) is 0 Å². The number of rotatable bonds is 1. The Kier molecular flexibility index (Phi) is 3.97. The van der Waals surface area contributed by atoms with E-state index in [1.807, 2.05) is 20.0 Å². The lowest BCUT2D eigenvalue weighted by molar-refractivity contribution is 0.353. The Balaban J connectivity index is 0.000000574. The van der Waals surface area contributed by atoms with Crippen LogP contribution in [0.4, 0.5) is 0 Å². The Labute approximate surface area is 110 Å². The summed E-state index contributed by atoms with van der Waals surface area (Å²) in [6.07, 6.45) is 3.00. The number of pyridine rings is 1. The standard InChI is InChI=1S/C14H16N2.C2H6/c1-3-10-4-5-15-14-7-12-9-16(2)8-11(12)6-13(10)14;1-2/h4-7H,3,8-9H2,1-2H3;1-2H3. The fourth-order valence-corrected chi connectivity index (χ4v) is 2.58. The smallest absolute Gasteiger partial charge is 0.0708 e. The summed E-state index contributed by atoms with van der Waals surface area (Å²) in [5.41, 5.74) is 5.46. The van der Waals surface area contributed by atoms with Crippen molar-refractivity contribution in [3.63, 3.8) is 0 Å². The molecule has 0 N–H and O–H groups in total. The molecule has 2 heterocycles. The van der Waals surface area contributed by atoms with Crippen molar-refractivity contribution < 1.29 is 0 Å². The minimum atomic E-state index is 1.06. The molecular formula is C16H22N2. The predicted octanol–water partition coefficient (Wildman–Crippen LogP) is 3.77. The Morgan fingerprint density at radius 3 is 2.50 bits per heavy atom. The molecule has 1 aromatic heterocycles. The first-order valence-corrected chi connectivity index (χ1v) is 6.86. The molecule has 96 valence electrons. The van der Waals surface area contributed by atoms with E-state index in [-0.39, 0.29) is 0 Å². The average Bonchev–Trinajstić information content (AvgIpc) is 2.76. The minimum absolute atomic E-state index is 1.06. The van der Waals surface area contributed by atoms with Gasteiger partial charge < -0.3 is 0 Å². The van der Waals surface area contributed by atoms with Crippen LogP contribution < -0.4 is 0 Å². The summed E-state index contributed by atoms with van der Waals surface area (Å²) in [7, 11) is 2.17. The highest BCUT2D eigenvalue weighted by atomic mass is 15.1. The molecule has 1 aromatic carbocycles. The lowest BCUT2D eigenvalue weighted by atomic mass is 10.0. The number of aryl methyl sites for hydroxylation is 1. The monoisotopic (exact) mass is 242 g/mol. The summed E-state index contributed by atoms with van der Waals surface area (Å²) < 4.78 is 0. The summed E-state index contributed by atoms with van der Waals surface area (Å²) >= 11 is 0. The highest BCUT2D eigenvalue weighted by Crippen LogP contribution is 2.27. The highest BCUT2D eigenvalue weighted by Gasteiger charge is 2.16. The molecule has 2 nitrogen and oxygen atoms in total. The first-order chi connectivity index (χ1) is 8.78. The number of aromatic nitrogens is 1. The Morgan fingerprint density at radius 1 is 1.17 bits per heavy atom. The third kappa shape index (κ3) is 2.25. The van der Waals surface area contributed by atoms with E-state index in [1.54, 1.807) is 0 Å². The maximum absolute atomic E-state index is 4.47. The van der Waals surface area contributed by atoms with Gasteiger partial charge >= 0.3 is 0 Å². The molecule has 0 saturated carbocycles. The van der Waals surface area contributed by atoms with Gasteiger partial charge in [-0.3, -0.25) is 9.88 Å². The third-order valence-electron chi connectivity index (χ3n) is 3.41. The van der Waals surface area contributed by atoms with Gasteiger partial charge in [-0.05, 0) is 48.4 Å². The van der Waals surface area contributed by atoms with Crippen molar-refractivity contribution in [3.05, 3.63) is 41.1 Å². The molecule has 0 atom stereocenters. The topological polar surface area (TPSA) is 16.1 Å². The zero-order chi connectivity index (χ0) is 13.1. The van der Waals surface area contributed by atoms with Gasteiger partial charge in [0.15, 0.2) is 0 Å². The van der Waals surface area contributed by atoms with Gasteiger partial charge in [0.1, 0.15) is 0 Å². The molecule has 0 spiro atoms.